The molecule has 2 aromatic rings. The normalized spacial score (nSPS) is 14.8. The van der Waals surface area contributed by atoms with E-state index in [9.17, 15) is 0 Å². The maximum Gasteiger partial charge on any atom is 0.176 e. The zero-order valence-electron chi connectivity index (χ0n) is 15.0. The topological polar surface area (TPSA) is 45.1 Å². The molecule has 1 heterocycles. The molecule has 3 rings (SSSR count). The van der Waals surface area contributed by atoms with E-state index in [-0.39, 0.29) is 0 Å². The molecule has 1 aliphatic carbocycles. The Morgan fingerprint density at radius 2 is 1.92 bits per heavy atom. The summed E-state index contributed by atoms with van der Waals surface area (Å²) in [5, 5.41) is 12.0. The summed E-state index contributed by atoms with van der Waals surface area (Å²) in [5.41, 5.74) is 2.41. The van der Waals surface area contributed by atoms with Gasteiger partial charge in [0.1, 0.15) is 11.5 Å². The number of hydrogen-bond acceptors (Lipinski definition) is 4. The molecule has 0 unspecified atom stereocenters. The molecule has 1 aliphatic rings. The number of aryl methyl sites for hydroxylation is 1. The second-order valence-corrected chi connectivity index (χ2v) is 6.67. The molecule has 0 spiro atoms. The van der Waals surface area contributed by atoms with Gasteiger partial charge in [-0.25, -0.2) is 4.68 Å². The Morgan fingerprint density at radius 3 is 2.58 bits per heavy atom. The molecule has 0 atom stereocenters. The highest BCUT2D eigenvalue weighted by Gasteiger charge is 2.23. The van der Waals surface area contributed by atoms with Gasteiger partial charge in [-0.1, -0.05) is 43.2 Å². The van der Waals surface area contributed by atoms with Gasteiger partial charge in [-0.3, -0.25) is 0 Å². The van der Waals surface area contributed by atoms with Crippen LogP contribution in [0.25, 0.3) is 0 Å². The molecule has 130 valence electrons. The lowest BCUT2D eigenvalue weighted by Gasteiger charge is -2.20. The predicted molar refractivity (Wildman–Crippen MR) is 102 cm³/mol. The first kappa shape index (κ1) is 16.7. The molecule has 1 aromatic heterocycles. The molecule has 0 amide bonds. The molecule has 1 fully saturated rings. The van der Waals surface area contributed by atoms with Gasteiger partial charge in [0.05, 0.1) is 0 Å². The lowest BCUT2D eigenvalue weighted by Crippen LogP contribution is -2.19. The van der Waals surface area contributed by atoms with E-state index in [0.29, 0.717) is 6.04 Å². The highest BCUT2D eigenvalue weighted by Crippen LogP contribution is 2.35. The number of nitrogens with one attached hydrogen (secondary N) is 2. The van der Waals surface area contributed by atoms with Crippen molar-refractivity contribution >= 4 is 17.3 Å². The van der Waals surface area contributed by atoms with Crippen LogP contribution in [0, 0.1) is 0 Å². The van der Waals surface area contributed by atoms with Crippen LogP contribution in [0.2, 0.25) is 0 Å². The minimum atomic E-state index is 0.574. The zero-order chi connectivity index (χ0) is 16.9. The van der Waals surface area contributed by atoms with Crippen LogP contribution in [0.3, 0.4) is 0 Å². The molecule has 0 aliphatic heterocycles. The number of nitrogens with zero attached hydrogens (tertiary/aromatic N) is 3. The third-order valence-electron chi connectivity index (χ3n) is 4.70. The monoisotopic (exact) mass is 327 g/mol. The number of rotatable bonds is 7. The summed E-state index contributed by atoms with van der Waals surface area (Å²) in [6, 6.07) is 11.1. The molecule has 1 aromatic carbocycles. The van der Waals surface area contributed by atoms with E-state index in [2.05, 4.69) is 59.8 Å². The molecule has 5 heteroatoms. The zero-order valence-corrected chi connectivity index (χ0v) is 15.0. The lowest BCUT2D eigenvalue weighted by atomic mass is 10.2. The maximum atomic E-state index is 4.78. The van der Waals surface area contributed by atoms with E-state index in [1.54, 1.807) is 0 Å². The van der Waals surface area contributed by atoms with Crippen molar-refractivity contribution in [2.45, 2.75) is 45.2 Å². The Hall–Kier alpha value is -2.17. The summed E-state index contributed by atoms with van der Waals surface area (Å²) in [6.45, 7) is 3.86. The Kier molecular flexibility index (Phi) is 5.28. The average Bonchev–Trinajstić information content (AvgIpc) is 3.19. The van der Waals surface area contributed by atoms with Gasteiger partial charge in [-0.15, -0.1) is 0 Å². The third-order valence-corrected chi connectivity index (χ3v) is 4.70. The van der Waals surface area contributed by atoms with Crippen molar-refractivity contribution in [1.82, 2.24) is 9.78 Å². The van der Waals surface area contributed by atoms with E-state index in [1.807, 2.05) is 11.7 Å². The van der Waals surface area contributed by atoms with Crippen LogP contribution in [-0.4, -0.2) is 29.4 Å². The van der Waals surface area contributed by atoms with Crippen molar-refractivity contribution in [3.63, 3.8) is 0 Å². The van der Waals surface area contributed by atoms with Gasteiger partial charge in [0, 0.05) is 33.2 Å². The van der Waals surface area contributed by atoms with Gasteiger partial charge >= 0.3 is 0 Å². The Balaban J connectivity index is 1.83. The molecule has 0 radical (unpaired) electrons. The third kappa shape index (κ3) is 3.66. The number of anilines is 3. The summed E-state index contributed by atoms with van der Waals surface area (Å²) >= 11 is 0. The minimum Gasteiger partial charge on any atom is -0.379 e. The SMILES string of the molecule is CCNc1c(N(C)Cc2ccccc2)nn(C)c1NC1CCCC1. The largest absolute Gasteiger partial charge is 0.379 e. The first-order valence-corrected chi connectivity index (χ1v) is 9.01. The lowest BCUT2D eigenvalue weighted by molar-refractivity contribution is 0.708. The fourth-order valence-electron chi connectivity index (χ4n) is 3.48. The van der Waals surface area contributed by atoms with E-state index < -0.39 is 0 Å². The Morgan fingerprint density at radius 1 is 1.21 bits per heavy atom. The maximum absolute atomic E-state index is 4.78. The second kappa shape index (κ2) is 7.60. The summed E-state index contributed by atoms with van der Waals surface area (Å²) in [5.74, 6) is 2.11. The summed E-state index contributed by atoms with van der Waals surface area (Å²) in [6.07, 6.45) is 5.16. The van der Waals surface area contributed by atoms with Gasteiger partial charge in [0.2, 0.25) is 0 Å². The smallest absolute Gasteiger partial charge is 0.176 e. The number of aromatic nitrogens is 2. The van der Waals surface area contributed by atoms with Gasteiger partial charge in [-0.05, 0) is 25.3 Å². The van der Waals surface area contributed by atoms with E-state index in [1.165, 1.54) is 31.2 Å². The van der Waals surface area contributed by atoms with Crippen LogP contribution in [0.4, 0.5) is 17.3 Å². The Bertz CT molecular complexity index is 643. The molecule has 24 heavy (non-hydrogen) atoms. The van der Waals surface area contributed by atoms with Gasteiger partial charge in [0.25, 0.3) is 0 Å². The van der Waals surface area contributed by atoms with Crippen LogP contribution in [0.5, 0.6) is 0 Å². The predicted octanol–water partition coefficient (Wildman–Crippen LogP) is 3.84. The summed E-state index contributed by atoms with van der Waals surface area (Å²) in [7, 11) is 4.13. The molecular weight excluding hydrogens is 298 g/mol. The standard InChI is InChI=1S/C19H29N5/c1-4-20-17-18(21-16-12-8-9-13-16)24(3)22-19(17)23(2)14-15-10-6-5-7-11-15/h5-7,10-11,16,20-21H,4,8-9,12-14H2,1-3H3. The van der Waals surface area contributed by atoms with Crippen molar-refractivity contribution in [3.05, 3.63) is 35.9 Å². The van der Waals surface area contributed by atoms with Crippen molar-refractivity contribution in [3.8, 4) is 0 Å². The Labute approximate surface area is 145 Å². The van der Waals surface area contributed by atoms with Crippen molar-refractivity contribution in [1.29, 1.82) is 0 Å². The second-order valence-electron chi connectivity index (χ2n) is 6.67. The minimum absolute atomic E-state index is 0.574. The van der Waals surface area contributed by atoms with Crippen LogP contribution in [0.15, 0.2) is 30.3 Å². The molecule has 5 nitrogen and oxygen atoms in total. The number of hydrogen-bond donors (Lipinski definition) is 2. The first-order valence-electron chi connectivity index (χ1n) is 9.01. The number of benzene rings is 1. The molecule has 2 N–H and O–H groups in total. The van der Waals surface area contributed by atoms with Crippen LogP contribution in [-0.2, 0) is 13.6 Å². The molecule has 0 saturated heterocycles. The molecular formula is C19H29N5. The highest BCUT2D eigenvalue weighted by molar-refractivity contribution is 5.79. The fourth-order valence-corrected chi connectivity index (χ4v) is 3.48. The summed E-state index contributed by atoms with van der Waals surface area (Å²) < 4.78 is 1.98. The highest BCUT2D eigenvalue weighted by atomic mass is 15.4. The summed E-state index contributed by atoms with van der Waals surface area (Å²) in [4.78, 5) is 2.22. The van der Waals surface area contributed by atoms with E-state index >= 15 is 0 Å². The van der Waals surface area contributed by atoms with Gasteiger partial charge < -0.3 is 15.5 Å². The fraction of sp³-hybridized carbons (Fsp3) is 0.526. The quantitative estimate of drug-likeness (QED) is 0.811. The van der Waals surface area contributed by atoms with E-state index in [4.69, 9.17) is 5.10 Å². The average molecular weight is 327 g/mol. The van der Waals surface area contributed by atoms with Crippen molar-refractivity contribution in [2.24, 2.45) is 7.05 Å². The van der Waals surface area contributed by atoms with Crippen molar-refractivity contribution < 1.29 is 0 Å². The van der Waals surface area contributed by atoms with Crippen molar-refractivity contribution in [2.75, 3.05) is 29.1 Å². The van der Waals surface area contributed by atoms with Gasteiger partial charge in [0.15, 0.2) is 5.82 Å². The molecule has 0 bridgehead atoms. The first-order chi connectivity index (χ1) is 11.7. The molecule has 1 saturated carbocycles. The van der Waals surface area contributed by atoms with Gasteiger partial charge in [-0.2, -0.15) is 5.10 Å². The van der Waals surface area contributed by atoms with Crippen LogP contribution >= 0.6 is 0 Å². The van der Waals surface area contributed by atoms with Crippen LogP contribution in [0.1, 0.15) is 38.2 Å². The van der Waals surface area contributed by atoms with E-state index in [0.717, 1.165) is 30.4 Å². The van der Waals surface area contributed by atoms with Crippen LogP contribution < -0.4 is 15.5 Å².